The third-order valence-corrected chi connectivity index (χ3v) is 4.38. The molecule has 0 bridgehead atoms. The lowest BCUT2D eigenvalue weighted by Crippen LogP contribution is -2.20. The van der Waals surface area contributed by atoms with E-state index < -0.39 is 0 Å². The number of methoxy groups -OCH3 is 1. The largest absolute Gasteiger partial charge is 0.380 e. The molecule has 1 N–H and O–H groups in total. The van der Waals surface area contributed by atoms with Crippen molar-refractivity contribution in [1.29, 1.82) is 0 Å². The van der Waals surface area contributed by atoms with E-state index in [1.54, 1.807) is 18.9 Å². The summed E-state index contributed by atoms with van der Waals surface area (Å²) in [6, 6.07) is 8.27. The molecular weight excluding hydrogens is 244 g/mol. The summed E-state index contributed by atoms with van der Waals surface area (Å²) in [5, 5.41) is 4.41. The Morgan fingerprint density at radius 2 is 2.33 bits per heavy atom. The van der Waals surface area contributed by atoms with Crippen molar-refractivity contribution in [2.75, 3.05) is 18.2 Å². The Morgan fingerprint density at radius 1 is 1.50 bits per heavy atom. The first kappa shape index (κ1) is 13.4. The van der Waals surface area contributed by atoms with Gasteiger partial charge in [0.15, 0.2) is 5.17 Å². The van der Waals surface area contributed by atoms with Gasteiger partial charge in [-0.15, -0.1) is 0 Å². The molecule has 0 radical (unpaired) electrons. The summed E-state index contributed by atoms with van der Waals surface area (Å²) in [5.74, 6) is 1.06. The number of amidine groups is 1. The summed E-state index contributed by atoms with van der Waals surface area (Å²) >= 11 is 1.80. The Balaban J connectivity index is 2.06. The van der Waals surface area contributed by atoms with E-state index in [1.165, 1.54) is 5.56 Å². The molecular formula is C14H20N2OS. The van der Waals surface area contributed by atoms with Crippen LogP contribution in [0.25, 0.3) is 0 Å². The zero-order chi connectivity index (χ0) is 13.0. The van der Waals surface area contributed by atoms with E-state index >= 15 is 0 Å². The van der Waals surface area contributed by atoms with Crippen molar-refractivity contribution >= 4 is 22.6 Å². The molecule has 1 unspecified atom stereocenters. The standard InChI is InChI=1S/C14H20N2OS/c1-4-14(2)10-18-13(16-14)15-12-7-5-6-11(8-12)9-17-3/h5-8H,4,9-10H2,1-3H3,(H,15,16). The van der Waals surface area contributed by atoms with E-state index in [9.17, 15) is 0 Å². The van der Waals surface area contributed by atoms with Crippen LogP contribution in [0, 0.1) is 0 Å². The molecule has 0 saturated heterocycles. The van der Waals surface area contributed by atoms with Crippen molar-refractivity contribution in [3.05, 3.63) is 29.8 Å². The first-order valence-corrected chi connectivity index (χ1v) is 7.21. The van der Waals surface area contributed by atoms with Crippen molar-refractivity contribution in [2.45, 2.75) is 32.4 Å². The Bertz CT molecular complexity index is 447. The van der Waals surface area contributed by atoms with E-state index in [1.807, 2.05) is 6.07 Å². The van der Waals surface area contributed by atoms with E-state index in [0.29, 0.717) is 6.61 Å². The van der Waals surface area contributed by atoms with Gasteiger partial charge in [-0.2, -0.15) is 0 Å². The van der Waals surface area contributed by atoms with Gasteiger partial charge >= 0.3 is 0 Å². The first-order valence-electron chi connectivity index (χ1n) is 6.23. The van der Waals surface area contributed by atoms with Crippen molar-refractivity contribution < 1.29 is 4.74 Å². The molecule has 1 atom stereocenters. The van der Waals surface area contributed by atoms with Crippen molar-refractivity contribution in [2.24, 2.45) is 4.99 Å². The van der Waals surface area contributed by atoms with Crippen LogP contribution >= 0.6 is 11.8 Å². The van der Waals surface area contributed by atoms with Gasteiger partial charge in [0.25, 0.3) is 0 Å². The lowest BCUT2D eigenvalue weighted by molar-refractivity contribution is 0.185. The number of rotatable bonds is 4. The summed E-state index contributed by atoms with van der Waals surface area (Å²) in [4.78, 5) is 4.75. The molecule has 18 heavy (non-hydrogen) atoms. The highest BCUT2D eigenvalue weighted by Crippen LogP contribution is 2.30. The van der Waals surface area contributed by atoms with Crippen LogP contribution in [0.5, 0.6) is 0 Å². The lowest BCUT2D eigenvalue weighted by atomic mass is 10.0. The monoisotopic (exact) mass is 264 g/mol. The molecule has 0 fully saturated rings. The molecule has 1 aliphatic rings. The lowest BCUT2D eigenvalue weighted by Gasteiger charge is -2.15. The molecule has 2 rings (SSSR count). The second-order valence-electron chi connectivity index (χ2n) is 4.81. The summed E-state index contributed by atoms with van der Waals surface area (Å²) in [5.41, 5.74) is 2.34. The van der Waals surface area contributed by atoms with Crippen LogP contribution in [0.3, 0.4) is 0 Å². The van der Waals surface area contributed by atoms with Gasteiger partial charge in [-0.05, 0) is 31.0 Å². The number of hydrogen-bond acceptors (Lipinski definition) is 4. The second-order valence-corrected chi connectivity index (χ2v) is 5.78. The Labute approximate surface area is 113 Å². The zero-order valence-electron chi connectivity index (χ0n) is 11.2. The number of anilines is 1. The Kier molecular flexibility index (Phi) is 4.30. The molecule has 0 spiro atoms. The number of hydrogen-bond donors (Lipinski definition) is 1. The first-order chi connectivity index (χ1) is 8.65. The van der Waals surface area contributed by atoms with Crippen LogP contribution in [-0.4, -0.2) is 23.6 Å². The van der Waals surface area contributed by atoms with Gasteiger partial charge in [0, 0.05) is 18.6 Å². The molecule has 98 valence electrons. The highest BCUT2D eigenvalue weighted by molar-refractivity contribution is 8.14. The average Bonchev–Trinajstić information content (AvgIpc) is 2.73. The fourth-order valence-electron chi connectivity index (χ4n) is 1.81. The summed E-state index contributed by atoms with van der Waals surface area (Å²) in [6.07, 6.45) is 1.08. The van der Waals surface area contributed by atoms with Crippen LogP contribution < -0.4 is 5.32 Å². The molecule has 4 heteroatoms. The minimum Gasteiger partial charge on any atom is -0.380 e. The maximum atomic E-state index is 5.14. The SMILES string of the molecule is CCC1(C)CSC(Nc2cccc(COC)c2)=N1. The molecule has 1 aromatic rings. The highest BCUT2D eigenvalue weighted by atomic mass is 32.2. The van der Waals surface area contributed by atoms with Gasteiger partial charge in [0.05, 0.1) is 12.1 Å². The minimum atomic E-state index is 0.0944. The van der Waals surface area contributed by atoms with Gasteiger partial charge in [-0.3, -0.25) is 4.99 Å². The third-order valence-electron chi connectivity index (χ3n) is 3.14. The number of aliphatic imine (C=N–C) groups is 1. The molecule has 0 aliphatic carbocycles. The van der Waals surface area contributed by atoms with Crippen LogP contribution in [-0.2, 0) is 11.3 Å². The molecule has 0 amide bonds. The van der Waals surface area contributed by atoms with Gasteiger partial charge in [-0.1, -0.05) is 30.8 Å². The Morgan fingerprint density at radius 3 is 3.00 bits per heavy atom. The predicted molar refractivity (Wildman–Crippen MR) is 79.4 cm³/mol. The van der Waals surface area contributed by atoms with Gasteiger partial charge in [0.2, 0.25) is 0 Å². The van der Waals surface area contributed by atoms with Crippen LogP contribution in [0.1, 0.15) is 25.8 Å². The topological polar surface area (TPSA) is 33.6 Å². The van der Waals surface area contributed by atoms with Crippen LogP contribution in [0.15, 0.2) is 29.3 Å². The molecule has 1 heterocycles. The summed E-state index contributed by atoms with van der Waals surface area (Å²) < 4.78 is 5.14. The number of nitrogens with zero attached hydrogens (tertiary/aromatic N) is 1. The molecule has 1 aliphatic heterocycles. The average molecular weight is 264 g/mol. The van der Waals surface area contributed by atoms with E-state index in [-0.39, 0.29) is 5.54 Å². The van der Waals surface area contributed by atoms with E-state index in [4.69, 9.17) is 9.73 Å². The predicted octanol–water partition coefficient (Wildman–Crippen LogP) is 3.52. The van der Waals surface area contributed by atoms with Crippen molar-refractivity contribution in [1.82, 2.24) is 0 Å². The number of thioether (sulfide) groups is 1. The molecule has 1 aromatic carbocycles. The van der Waals surface area contributed by atoms with E-state index in [0.717, 1.165) is 23.0 Å². The van der Waals surface area contributed by atoms with Crippen LogP contribution in [0.2, 0.25) is 0 Å². The zero-order valence-corrected chi connectivity index (χ0v) is 12.0. The van der Waals surface area contributed by atoms with Gasteiger partial charge in [-0.25, -0.2) is 0 Å². The number of nitrogens with one attached hydrogen (secondary N) is 1. The second kappa shape index (κ2) is 5.76. The van der Waals surface area contributed by atoms with Crippen molar-refractivity contribution in [3.8, 4) is 0 Å². The number of benzene rings is 1. The Hall–Kier alpha value is -1.00. The maximum Gasteiger partial charge on any atom is 0.161 e. The van der Waals surface area contributed by atoms with E-state index in [2.05, 4.69) is 37.4 Å². The van der Waals surface area contributed by atoms with Gasteiger partial charge < -0.3 is 10.1 Å². The normalized spacial score (nSPS) is 22.9. The highest BCUT2D eigenvalue weighted by Gasteiger charge is 2.28. The molecule has 0 saturated carbocycles. The third kappa shape index (κ3) is 3.27. The molecule has 3 nitrogen and oxygen atoms in total. The molecule has 0 aromatic heterocycles. The van der Waals surface area contributed by atoms with Crippen LogP contribution in [0.4, 0.5) is 5.69 Å². The fraction of sp³-hybridized carbons (Fsp3) is 0.500. The minimum absolute atomic E-state index is 0.0944. The summed E-state index contributed by atoms with van der Waals surface area (Å²) in [6.45, 7) is 5.03. The van der Waals surface area contributed by atoms with Crippen molar-refractivity contribution in [3.63, 3.8) is 0 Å². The fourth-order valence-corrected chi connectivity index (χ4v) is 3.00. The number of ether oxygens (including phenoxy) is 1. The maximum absolute atomic E-state index is 5.14. The summed E-state index contributed by atoms with van der Waals surface area (Å²) in [7, 11) is 1.71. The smallest absolute Gasteiger partial charge is 0.161 e. The van der Waals surface area contributed by atoms with Gasteiger partial charge in [0.1, 0.15) is 0 Å². The quantitative estimate of drug-likeness (QED) is 0.903.